The van der Waals surface area contributed by atoms with E-state index in [4.69, 9.17) is 4.74 Å². The van der Waals surface area contributed by atoms with E-state index in [1.807, 2.05) is 23.9 Å². The molecule has 1 saturated carbocycles. The average molecular weight is 327 g/mol. The number of benzene rings is 1. The van der Waals surface area contributed by atoms with Gasteiger partial charge in [-0.2, -0.15) is 5.10 Å². The number of nitrogens with one attached hydrogen (secondary N) is 1. The molecule has 0 spiro atoms. The van der Waals surface area contributed by atoms with Gasteiger partial charge in [0.05, 0.1) is 11.6 Å². The molecule has 1 heterocycles. The monoisotopic (exact) mass is 327 g/mol. The largest absolute Gasteiger partial charge is 0.456 e. The van der Waals surface area contributed by atoms with Gasteiger partial charge in [-0.1, -0.05) is 6.07 Å². The molecule has 0 saturated heterocycles. The lowest BCUT2D eigenvalue weighted by Crippen LogP contribution is -2.25. The van der Waals surface area contributed by atoms with Crippen LogP contribution in [0.2, 0.25) is 0 Å². The summed E-state index contributed by atoms with van der Waals surface area (Å²) in [7, 11) is 0. The maximum absolute atomic E-state index is 12.6. The molecule has 126 valence electrons. The fraction of sp³-hybridized carbons (Fsp3) is 0.389. The predicted octanol–water partition coefficient (Wildman–Crippen LogP) is 3.10. The maximum Gasteiger partial charge on any atom is 0.338 e. The fourth-order valence-corrected chi connectivity index (χ4v) is 3.21. The third kappa shape index (κ3) is 3.32. The highest BCUT2D eigenvalue weighted by molar-refractivity contribution is 5.96. The number of rotatable bonds is 4. The van der Waals surface area contributed by atoms with Crippen molar-refractivity contribution < 1.29 is 14.3 Å². The van der Waals surface area contributed by atoms with Crippen LogP contribution >= 0.6 is 0 Å². The number of esters is 1. The summed E-state index contributed by atoms with van der Waals surface area (Å²) in [6.45, 7) is 3.25. The van der Waals surface area contributed by atoms with E-state index in [-0.39, 0.29) is 24.0 Å². The minimum atomic E-state index is -0.358. The van der Waals surface area contributed by atoms with Crippen LogP contribution in [0.3, 0.4) is 0 Å². The van der Waals surface area contributed by atoms with Gasteiger partial charge >= 0.3 is 5.97 Å². The number of hydrogen-bond donors (Lipinski definition) is 1. The summed E-state index contributed by atoms with van der Waals surface area (Å²) in [5.41, 5.74) is 1.82. The molecule has 1 N–H and O–H groups in total. The quantitative estimate of drug-likeness (QED) is 0.876. The van der Waals surface area contributed by atoms with E-state index in [1.165, 1.54) is 6.92 Å². The normalized spacial score (nSPS) is 19.9. The van der Waals surface area contributed by atoms with Crippen molar-refractivity contribution in [3.63, 3.8) is 0 Å². The lowest BCUT2D eigenvalue weighted by Gasteiger charge is -2.21. The number of nitrogens with zero attached hydrogens (tertiary/aromatic N) is 2. The standard InChI is InChI=1S/C18H21N3O3/c1-12-14(6-3-7-15(12)20-13(2)22)18(23)24-17-9-4-8-16(17)21-11-5-10-19-21/h3,5-7,10-11,16-17H,4,8-9H2,1-2H3,(H,20,22)/t16-,17-/m1/s1. The number of anilines is 1. The molecule has 6 heteroatoms. The maximum atomic E-state index is 12.6. The first-order valence-corrected chi connectivity index (χ1v) is 8.13. The zero-order valence-electron chi connectivity index (χ0n) is 13.9. The van der Waals surface area contributed by atoms with Gasteiger partial charge in [-0.25, -0.2) is 4.79 Å². The second-order valence-corrected chi connectivity index (χ2v) is 6.09. The van der Waals surface area contributed by atoms with E-state index < -0.39 is 0 Å². The average Bonchev–Trinajstić information content (AvgIpc) is 3.19. The summed E-state index contributed by atoms with van der Waals surface area (Å²) in [5, 5.41) is 7.00. The lowest BCUT2D eigenvalue weighted by atomic mass is 10.1. The molecule has 1 aliphatic rings. The SMILES string of the molecule is CC(=O)Nc1cccc(C(=O)O[C@@H]2CCC[C@H]2n2cccn2)c1C. The summed E-state index contributed by atoms with van der Waals surface area (Å²) in [6, 6.07) is 7.20. The Kier molecular flexibility index (Phi) is 4.64. The van der Waals surface area contributed by atoms with Gasteiger partial charge in [-0.05, 0) is 49.9 Å². The van der Waals surface area contributed by atoms with E-state index in [0.717, 1.165) is 19.3 Å². The summed E-state index contributed by atoms with van der Waals surface area (Å²) < 4.78 is 7.63. The van der Waals surface area contributed by atoms with Crippen LogP contribution in [0, 0.1) is 6.92 Å². The Bertz CT molecular complexity index is 740. The van der Waals surface area contributed by atoms with Crippen molar-refractivity contribution in [3.8, 4) is 0 Å². The Morgan fingerprint density at radius 3 is 2.83 bits per heavy atom. The molecule has 0 aliphatic heterocycles. The van der Waals surface area contributed by atoms with Crippen molar-refractivity contribution in [1.29, 1.82) is 0 Å². The molecule has 2 atom stereocenters. The summed E-state index contributed by atoms with van der Waals surface area (Å²) in [6.07, 6.45) is 6.25. The Labute approximate surface area is 140 Å². The van der Waals surface area contributed by atoms with Gasteiger partial charge in [-0.3, -0.25) is 9.48 Å². The van der Waals surface area contributed by atoms with Crippen LogP contribution in [-0.2, 0) is 9.53 Å². The Morgan fingerprint density at radius 2 is 2.12 bits per heavy atom. The third-order valence-electron chi connectivity index (χ3n) is 4.41. The zero-order valence-corrected chi connectivity index (χ0v) is 13.9. The third-order valence-corrected chi connectivity index (χ3v) is 4.41. The minimum absolute atomic E-state index is 0.0859. The van der Waals surface area contributed by atoms with Crippen molar-refractivity contribution in [2.45, 2.75) is 45.3 Å². The van der Waals surface area contributed by atoms with E-state index in [0.29, 0.717) is 16.8 Å². The highest BCUT2D eigenvalue weighted by atomic mass is 16.5. The molecule has 0 unspecified atom stereocenters. The topological polar surface area (TPSA) is 73.2 Å². The number of carbonyl (C=O) groups is 2. The highest BCUT2D eigenvalue weighted by Gasteiger charge is 2.32. The van der Waals surface area contributed by atoms with Gasteiger partial charge in [0.1, 0.15) is 6.10 Å². The van der Waals surface area contributed by atoms with Gasteiger partial charge in [-0.15, -0.1) is 0 Å². The molecule has 1 aromatic heterocycles. The summed E-state index contributed by atoms with van der Waals surface area (Å²) in [5.74, 6) is -0.526. The van der Waals surface area contributed by atoms with E-state index in [9.17, 15) is 9.59 Å². The summed E-state index contributed by atoms with van der Waals surface area (Å²) in [4.78, 5) is 23.9. The van der Waals surface area contributed by atoms with Gasteiger partial charge in [0.15, 0.2) is 0 Å². The van der Waals surface area contributed by atoms with Gasteiger partial charge in [0.25, 0.3) is 0 Å². The Hall–Kier alpha value is -2.63. The first-order valence-electron chi connectivity index (χ1n) is 8.13. The number of aromatic nitrogens is 2. The molecule has 1 aliphatic carbocycles. The molecule has 6 nitrogen and oxygen atoms in total. The van der Waals surface area contributed by atoms with Crippen LogP contribution in [0.15, 0.2) is 36.7 Å². The van der Waals surface area contributed by atoms with Crippen molar-refractivity contribution in [2.75, 3.05) is 5.32 Å². The van der Waals surface area contributed by atoms with E-state index in [1.54, 1.807) is 24.4 Å². The van der Waals surface area contributed by atoms with Gasteiger partial charge in [0, 0.05) is 25.0 Å². The molecule has 1 amide bonds. The van der Waals surface area contributed by atoms with Crippen LogP contribution in [0.1, 0.15) is 48.1 Å². The highest BCUT2D eigenvalue weighted by Crippen LogP contribution is 2.33. The van der Waals surface area contributed by atoms with Crippen molar-refractivity contribution in [1.82, 2.24) is 9.78 Å². The number of ether oxygens (including phenoxy) is 1. The Morgan fingerprint density at radius 1 is 1.29 bits per heavy atom. The first-order chi connectivity index (χ1) is 11.6. The number of amides is 1. The number of hydrogen-bond acceptors (Lipinski definition) is 4. The molecular formula is C18H21N3O3. The first kappa shape index (κ1) is 16.2. The van der Waals surface area contributed by atoms with Crippen molar-refractivity contribution >= 4 is 17.6 Å². The molecule has 1 fully saturated rings. The molecule has 3 rings (SSSR count). The van der Waals surface area contributed by atoms with Crippen LogP contribution in [-0.4, -0.2) is 27.8 Å². The van der Waals surface area contributed by atoms with Gasteiger partial charge < -0.3 is 10.1 Å². The lowest BCUT2D eigenvalue weighted by molar-refractivity contribution is -0.114. The Balaban J connectivity index is 1.76. The molecule has 24 heavy (non-hydrogen) atoms. The molecule has 1 aromatic carbocycles. The van der Waals surface area contributed by atoms with Crippen LogP contribution in [0.5, 0.6) is 0 Å². The van der Waals surface area contributed by atoms with E-state index in [2.05, 4.69) is 10.4 Å². The van der Waals surface area contributed by atoms with Crippen molar-refractivity contribution in [3.05, 3.63) is 47.8 Å². The molecule has 0 bridgehead atoms. The fourth-order valence-electron chi connectivity index (χ4n) is 3.21. The van der Waals surface area contributed by atoms with Gasteiger partial charge in [0.2, 0.25) is 5.91 Å². The molecular weight excluding hydrogens is 306 g/mol. The summed E-state index contributed by atoms with van der Waals surface area (Å²) >= 11 is 0. The van der Waals surface area contributed by atoms with Crippen LogP contribution in [0.4, 0.5) is 5.69 Å². The zero-order chi connectivity index (χ0) is 17.1. The second kappa shape index (κ2) is 6.86. The number of carbonyl (C=O) groups excluding carboxylic acids is 2. The molecule has 0 radical (unpaired) electrons. The minimum Gasteiger partial charge on any atom is -0.456 e. The van der Waals surface area contributed by atoms with Crippen LogP contribution < -0.4 is 5.32 Å². The second-order valence-electron chi connectivity index (χ2n) is 6.09. The van der Waals surface area contributed by atoms with E-state index >= 15 is 0 Å². The van der Waals surface area contributed by atoms with Crippen LogP contribution in [0.25, 0.3) is 0 Å². The predicted molar refractivity (Wildman–Crippen MR) is 89.8 cm³/mol. The smallest absolute Gasteiger partial charge is 0.338 e. The molecule has 2 aromatic rings. The van der Waals surface area contributed by atoms with Crippen molar-refractivity contribution in [2.24, 2.45) is 0 Å².